The highest BCUT2D eigenvalue weighted by molar-refractivity contribution is 7.99. The highest BCUT2D eigenvalue weighted by atomic mass is 32.2. The Hall–Kier alpha value is -2.01. The number of nitrogens with one attached hydrogen (secondary N) is 1. The number of rotatable bonds is 5. The first kappa shape index (κ1) is 13.4. The predicted molar refractivity (Wildman–Crippen MR) is 77.8 cm³/mol. The van der Waals surface area contributed by atoms with Crippen LogP contribution in [0.15, 0.2) is 48.7 Å². The summed E-state index contributed by atoms with van der Waals surface area (Å²) in [4.78, 5) is 15.6. The molecule has 0 saturated carbocycles. The molecule has 0 aliphatic rings. The Kier molecular flexibility index (Phi) is 4.80. The van der Waals surface area contributed by atoms with E-state index in [-0.39, 0.29) is 5.91 Å². The van der Waals surface area contributed by atoms with E-state index in [1.54, 1.807) is 18.3 Å². The van der Waals surface area contributed by atoms with E-state index in [2.05, 4.69) is 10.3 Å². The molecule has 1 aromatic carbocycles. The Morgan fingerprint density at radius 3 is 2.84 bits per heavy atom. The third kappa shape index (κ3) is 4.30. The molecule has 1 heterocycles. The summed E-state index contributed by atoms with van der Waals surface area (Å²) in [5.74, 6) is 1.55. The zero-order valence-corrected chi connectivity index (χ0v) is 11.3. The lowest BCUT2D eigenvalue weighted by Gasteiger charge is -2.07. The number of hydrogen-bond acceptors (Lipinski definition) is 4. The molecule has 0 unspecified atom stereocenters. The van der Waals surface area contributed by atoms with E-state index in [0.29, 0.717) is 23.1 Å². The fraction of sp³-hybridized carbons (Fsp3) is 0.143. The second-order valence-corrected chi connectivity index (χ2v) is 4.65. The van der Waals surface area contributed by atoms with Crippen molar-refractivity contribution in [3.05, 3.63) is 48.7 Å². The Morgan fingerprint density at radius 2 is 2.11 bits per heavy atom. The molecule has 1 amide bonds. The first-order chi connectivity index (χ1) is 9.28. The maximum atomic E-state index is 11.5. The average molecular weight is 274 g/mol. The Labute approximate surface area is 116 Å². The number of thioether (sulfide) groups is 1. The van der Waals surface area contributed by atoms with E-state index < -0.39 is 0 Å². The van der Waals surface area contributed by atoms with Crippen molar-refractivity contribution in [1.82, 2.24) is 4.98 Å². The smallest absolute Gasteiger partial charge is 0.234 e. The zero-order valence-electron chi connectivity index (χ0n) is 10.5. The molecule has 5 heteroatoms. The summed E-state index contributed by atoms with van der Waals surface area (Å²) in [6.07, 6.45) is 3.49. The summed E-state index contributed by atoms with van der Waals surface area (Å²) in [6.45, 7) is 0. The van der Waals surface area contributed by atoms with Gasteiger partial charge in [-0.05, 0) is 24.5 Å². The van der Waals surface area contributed by atoms with E-state index in [1.807, 2.05) is 36.6 Å². The van der Waals surface area contributed by atoms with Gasteiger partial charge in [0.1, 0.15) is 5.75 Å². The number of carbonyl (C=O) groups is 1. The Morgan fingerprint density at radius 1 is 1.32 bits per heavy atom. The maximum absolute atomic E-state index is 11.5. The monoisotopic (exact) mass is 274 g/mol. The topological polar surface area (TPSA) is 51.2 Å². The summed E-state index contributed by atoms with van der Waals surface area (Å²) in [5.41, 5.74) is 0.681. The first-order valence-electron chi connectivity index (χ1n) is 5.75. The number of hydrogen-bond donors (Lipinski definition) is 1. The van der Waals surface area contributed by atoms with E-state index in [1.165, 1.54) is 11.8 Å². The number of anilines is 1. The molecule has 0 aliphatic heterocycles. The predicted octanol–water partition coefficient (Wildman–Crippen LogP) is 3.18. The fourth-order valence-electron chi connectivity index (χ4n) is 1.48. The third-order valence-electron chi connectivity index (χ3n) is 2.26. The number of benzene rings is 1. The summed E-state index contributed by atoms with van der Waals surface area (Å²) >= 11 is 1.48. The van der Waals surface area contributed by atoms with Gasteiger partial charge < -0.3 is 10.1 Å². The van der Waals surface area contributed by atoms with Gasteiger partial charge >= 0.3 is 0 Å². The highest BCUT2D eigenvalue weighted by Gasteiger charge is 2.03. The maximum Gasteiger partial charge on any atom is 0.234 e. The van der Waals surface area contributed by atoms with Gasteiger partial charge in [0.05, 0.1) is 5.75 Å². The molecule has 0 saturated heterocycles. The summed E-state index contributed by atoms with van der Waals surface area (Å²) in [6, 6.07) is 12.8. The standard InChI is InChI=1S/C14H14N2O2S/c1-19-10-13(17)16-11-7-8-15-14(9-11)18-12-5-3-2-4-6-12/h2-9H,10H2,1H3,(H,15,16,17). The van der Waals surface area contributed by atoms with Crippen molar-refractivity contribution >= 4 is 23.4 Å². The molecule has 0 fully saturated rings. The molecule has 0 spiro atoms. The van der Waals surface area contributed by atoms with Crippen molar-refractivity contribution < 1.29 is 9.53 Å². The molecule has 1 N–H and O–H groups in total. The third-order valence-corrected chi connectivity index (χ3v) is 2.81. The molecule has 2 aromatic rings. The largest absolute Gasteiger partial charge is 0.439 e. The van der Waals surface area contributed by atoms with E-state index in [4.69, 9.17) is 4.74 Å². The van der Waals surface area contributed by atoms with Crippen molar-refractivity contribution in [2.45, 2.75) is 0 Å². The van der Waals surface area contributed by atoms with Gasteiger partial charge in [-0.15, -0.1) is 0 Å². The lowest BCUT2D eigenvalue weighted by Crippen LogP contribution is -2.13. The summed E-state index contributed by atoms with van der Waals surface area (Å²) in [7, 11) is 0. The Balaban J connectivity index is 2.05. The molecule has 2 rings (SSSR count). The minimum absolute atomic E-state index is 0.0376. The van der Waals surface area contributed by atoms with E-state index in [0.717, 1.165) is 0 Å². The molecule has 19 heavy (non-hydrogen) atoms. The van der Waals surface area contributed by atoms with Crippen molar-refractivity contribution in [3.8, 4) is 11.6 Å². The molecule has 0 aliphatic carbocycles. The van der Waals surface area contributed by atoms with Crippen molar-refractivity contribution in [2.24, 2.45) is 0 Å². The lowest BCUT2D eigenvalue weighted by molar-refractivity contribution is -0.113. The molecule has 0 radical (unpaired) electrons. The molecule has 0 atom stereocenters. The second kappa shape index (κ2) is 6.80. The first-order valence-corrected chi connectivity index (χ1v) is 7.15. The zero-order chi connectivity index (χ0) is 13.5. The van der Waals surface area contributed by atoms with E-state index in [9.17, 15) is 4.79 Å². The van der Waals surface area contributed by atoms with Gasteiger partial charge in [0.25, 0.3) is 0 Å². The van der Waals surface area contributed by atoms with Gasteiger partial charge in [-0.25, -0.2) is 4.98 Å². The van der Waals surface area contributed by atoms with Crippen LogP contribution in [0, 0.1) is 0 Å². The van der Waals surface area contributed by atoms with Gasteiger partial charge in [-0.1, -0.05) is 18.2 Å². The molecular formula is C14H14N2O2S. The number of nitrogens with zero attached hydrogens (tertiary/aromatic N) is 1. The lowest BCUT2D eigenvalue weighted by atomic mass is 10.3. The van der Waals surface area contributed by atoms with Crippen LogP contribution >= 0.6 is 11.8 Å². The number of amides is 1. The SMILES string of the molecule is CSCC(=O)Nc1ccnc(Oc2ccccc2)c1. The van der Waals surface area contributed by atoms with Gasteiger partial charge in [-0.2, -0.15) is 11.8 Å². The van der Waals surface area contributed by atoms with Gasteiger partial charge in [0.2, 0.25) is 11.8 Å². The van der Waals surface area contributed by atoms with Crippen LogP contribution in [0.3, 0.4) is 0 Å². The van der Waals surface area contributed by atoms with Crippen LogP contribution in [0.4, 0.5) is 5.69 Å². The number of pyridine rings is 1. The van der Waals surface area contributed by atoms with Crippen LogP contribution in [0.2, 0.25) is 0 Å². The normalized spacial score (nSPS) is 9.95. The number of ether oxygens (including phenoxy) is 1. The minimum Gasteiger partial charge on any atom is -0.439 e. The van der Waals surface area contributed by atoms with Crippen LogP contribution in [-0.2, 0) is 4.79 Å². The molecular weight excluding hydrogens is 260 g/mol. The van der Waals surface area contributed by atoms with E-state index >= 15 is 0 Å². The Bertz CT molecular complexity index is 546. The van der Waals surface area contributed by atoms with Crippen LogP contribution < -0.4 is 10.1 Å². The van der Waals surface area contributed by atoms with Crippen LogP contribution in [0.5, 0.6) is 11.6 Å². The average Bonchev–Trinajstić information content (AvgIpc) is 2.40. The van der Waals surface area contributed by atoms with Crippen molar-refractivity contribution in [3.63, 3.8) is 0 Å². The van der Waals surface area contributed by atoms with Crippen LogP contribution in [0.1, 0.15) is 0 Å². The van der Waals surface area contributed by atoms with Gasteiger partial charge in [0.15, 0.2) is 0 Å². The number of aromatic nitrogens is 1. The van der Waals surface area contributed by atoms with Crippen LogP contribution in [-0.4, -0.2) is 22.9 Å². The molecule has 4 nitrogen and oxygen atoms in total. The number of carbonyl (C=O) groups excluding carboxylic acids is 1. The van der Waals surface area contributed by atoms with Gasteiger partial charge in [0, 0.05) is 18.0 Å². The van der Waals surface area contributed by atoms with Crippen LogP contribution in [0.25, 0.3) is 0 Å². The molecule has 0 bridgehead atoms. The van der Waals surface area contributed by atoms with Gasteiger partial charge in [-0.3, -0.25) is 4.79 Å². The second-order valence-electron chi connectivity index (χ2n) is 3.78. The number of para-hydroxylation sites is 1. The summed E-state index contributed by atoms with van der Waals surface area (Å²) in [5, 5.41) is 2.79. The minimum atomic E-state index is -0.0376. The molecule has 98 valence electrons. The molecule has 1 aromatic heterocycles. The highest BCUT2D eigenvalue weighted by Crippen LogP contribution is 2.21. The van der Waals surface area contributed by atoms with Crippen molar-refractivity contribution in [1.29, 1.82) is 0 Å². The summed E-state index contributed by atoms with van der Waals surface area (Å²) < 4.78 is 5.59. The van der Waals surface area contributed by atoms with Crippen molar-refractivity contribution in [2.75, 3.05) is 17.3 Å². The fourth-order valence-corrected chi connectivity index (χ4v) is 1.81. The quantitative estimate of drug-likeness (QED) is 0.909.